The predicted octanol–water partition coefficient (Wildman–Crippen LogP) is 1.77. The van der Waals surface area contributed by atoms with Crippen molar-refractivity contribution in [2.75, 3.05) is 6.54 Å². The molecule has 0 spiro atoms. The number of halogens is 1. The van der Waals surface area contributed by atoms with E-state index in [1.165, 1.54) is 0 Å². The summed E-state index contributed by atoms with van der Waals surface area (Å²) in [6.07, 6.45) is 2.22. The molecule has 1 unspecified atom stereocenters. The van der Waals surface area contributed by atoms with Gasteiger partial charge in [0.1, 0.15) is 0 Å². The van der Waals surface area contributed by atoms with E-state index < -0.39 is 10.0 Å². The average molecular weight is 333 g/mol. The predicted molar refractivity (Wildman–Crippen MR) is 74.8 cm³/mol. The van der Waals surface area contributed by atoms with Crippen molar-refractivity contribution in [2.24, 2.45) is 11.7 Å². The van der Waals surface area contributed by atoms with E-state index in [4.69, 9.17) is 5.73 Å². The van der Waals surface area contributed by atoms with Crippen molar-refractivity contribution in [1.82, 2.24) is 4.72 Å². The Labute approximate surface area is 116 Å². The number of aryl methyl sites for hydroxylation is 1. The first-order chi connectivity index (χ1) is 8.40. The van der Waals surface area contributed by atoms with Crippen LogP contribution in [-0.4, -0.2) is 21.0 Å². The molecule has 0 bridgehead atoms. The Balaban J connectivity index is 2.09. The summed E-state index contributed by atoms with van der Waals surface area (Å²) in [4.78, 5) is 0.314. The molecule has 1 saturated carbocycles. The van der Waals surface area contributed by atoms with Crippen LogP contribution in [0.4, 0.5) is 0 Å². The van der Waals surface area contributed by atoms with Gasteiger partial charge < -0.3 is 5.73 Å². The summed E-state index contributed by atoms with van der Waals surface area (Å²) in [6.45, 7) is 2.09. The lowest BCUT2D eigenvalue weighted by Gasteiger charge is -2.13. The normalized spacial score (nSPS) is 17.7. The number of sulfonamides is 1. The minimum absolute atomic E-state index is 0.0736. The average Bonchev–Trinajstić information content (AvgIpc) is 3.09. The highest BCUT2D eigenvalue weighted by molar-refractivity contribution is 9.10. The third kappa shape index (κ3) is 3.32. The van der Waals surface area contributed by atoms with Gasteiger partial charge in [0.05, 0.1) is 4.90 Å². The molecule has 1 aliphatic carbocycles. The largest absolute Gasteiger partial charge is 0.326 e. The van der Waals surface area contributed by atoms with Crippen LogP contribution in [-0.2, 0) is 10.0 Å². The summed E-state index contributed by atoms with van der Waals surface area (Å²) in [5, 5.41) is 0. The van der Waals surface area contributed by atoms with Crippen molar-refractivity contribution in [2.45, 2.75) is 30.7 Å². The van der Waals surface area contributed by atoms with E-state index in [9.17, 15) is 8.42 Å². The van der Waals surface area contributed by atoms with Gasteiger partial charge in [0.2, 0.25) is 10.0 Å². The van der Waals surface area contributed by atoms with Gasteiger partial charge in [-0.3, -0.25) is 0 Å². The standard InChI is InChI=1S/C12H17BrN2O2S/c1-8-6-10(13)4-5-12(8)18(16,17)15-7-11(14)9-2-3-9/h4-6,9,11,15H,2-3,7,14H2,1H3. The van der Waals surface area contributed by atoms with Gasteiger partial charge in [-0.2, -0.15) is 0 Å². The molecule has 0 aliphatic heterocycles. The SMILES string of the molecule is Cc1cc(Br)ccc1S(=O)(=O)NCC(N)C1CC1. The Bertz CT molecular complexity index is 541. The molecule has 1 atom stereocenters. The first-order valence-corrected chi connectivity index (χ1v) is 8.19. The molecule has 18 heavy (non-hydrogen) atoms. The monoisotopic (exact) mass is 332 g/mol. The minimum atomic E-state index is -3.46. The fourth-order valence-electron chi connectivity index (χ4n) is 1.89. The fraction of sp³-hybridized carbons (Fsp3) is 0.500. The van der Waals surface area contributed by atoms with Crippen molar-refractivity contribution in [3.8, 4) is 0 Å². The van der Waals surface area contributed by atoms with Crippen LogP contribution in [0.5, 0.6) is 0 Å². The molecule has 1 fully saturated rings. The maximum atomic E-state index is 12.1. The van der Waals surface area contributed by atoms with Crippen molar-refractivity contribution in [3.63, 3.8) is 0 Å². The second kappa shape index (κ2) is 5.28. The highest BCUT2D eigenvalue weighted by Crippen LogP contribution is 2.31. The molecule has 0 saturated heterocycles. The zero-order valence-corrected chi connectivity index (χ0v) is 12.6. The Morgan fingerprint density at radius 3 is 2.72 bits per heavy atom. The second-order valence-corrected chi connectivity index (χ2v) is 7.41. The van der Waals surface area contributed by atoms with Gasteiger partial charge >= 0.3 is 0 Å². The van der Waals surface area contributed by atoms with E-state index in [0.717, 1.165) is 22.9 Å². The van der Waals surface area contributed by atoms with Crippen molar-refractivity contribution in [1.29, 1.82) is 0 Å². The van der Waals surface area contributed by atoms with E-state index in [1.807, 2.05) is 0 Å². The zero-order valence-electron chi connectivity index (χ0n) is 10.2. The maximum Gasteiger partial charge on any atom is 0.240 e. The van der Waals surface area contributed by atoms with Gasteiger partial charge in [0, 0.05) is 17.1 Å². The van der Waals surface area contributed by atoms with Gasteiger partial charge in [0.15, 0.2) is 0 Å². The molecule has 1 aliphatic rings. The summed E-state index contributed by atoms with van der Waals surface area (Å²) in [5.74, 6) is 0.485. The lowest BCUT2D eigenvalue weighted by atomic mass is 10.2. The quantitative estimate of drug-likeness (QED) is 0.863. The number of benzene rings is 1. The summed E-state index contributed by atoms with van der Waals surface area (Å²) in [6, 6.07) is 5.04. The maximum absolute atomic E-state index is 12.1. The van der Waals surface area contributed by atoms with Crippen LogP contribution in [0.2, 0.25) is 0 Å². The fourth-order valence-corrected chi connectivity index (χ4v) is 3.66. The molecule has 0 radical (unpaired) electrons. The Hall–Kier alpha value is -0.430. The molecule has 4 nitrogen and oxygen atoms in total. The Morgan fingerprint density at radius 2 is 2.17 bits per heavy atom. The molecule has 0 amide bonds. The van der Waals surface area contributed by atoms with E-state index in [2.05, 4.69) is 20.7 Å². The smallest absolute Gasteiger partial charge is 0.240 e. The molecule has 0 aromatic heterocycles. The molecule has 100 valence electrons. The lowest BCUT2D eigenvalue weighted by molar-refractivity contribution is 0.547. The second-order valence-electron chi connectivity index (χ2n) is 4.76. The third-order valence-corrected chi connectivity index (χ3v) is 5.24. The van der Waals surface area contributed by atoms with E-state index in [0.29, 0.717) is 17.4 Å². The first kappa shape index (κ1) is 14.0. The van der Waals surface area contributed by atoms with Crippen LogP contribution < -0.4 is 10.5 Å². The number of hydrogen-bond acceptors (Lipinski definition) is 3. The molecule has 1 aromatic rings. The number of nitrogens with two attached hydrogens (primary N) is 1. The summed E-state index contributed by atoms with van der Waals surface area (Å²) in [5.41, 5.74) is 6.61. The van der Waals surface area contributed by atoms with Crippen molar-refractivity contribution in [3.05, 3.63) is 28.2 Å². The molecular weight excluding hydrogens is 316 g/mol. The lowest BCUT2D eigenvalue weighted by Crippen LogP contribution is -2.38. The Kier molecular flexibility index (Phi) is 4.11. The molecule has 3 N–H and O–H groups in total. The van der Waals surface area contributed by atoms with Crippen molar-refractivity contribution >= 4 is 26.0 Å². The van der Waals surface area contributed by atoms with E-state index in [1.54, 1.807) is 25.1 Å². The van der Waals surface area contributed by atoms with Crippen molar-refractivity contribution < 1.29 is 8.42 Å². The summed E-state index contributed by atoms with van der Waals surface area (Å²) in [7, 11) is -3.46. The van der Waals surface area contributed by atoms with E-state index in [-0.39, 0.29) is 6.04 Å². The van der Waals surface area contributed by atoms with Gasteiger partial charge in [-0.1, -0.05) is 15.9 Å². The summed E-state index contributed by atoms with van der Waals surface area (Å²) < 4.78 is 27.7. The van der Waals surface area contributed by atoms with Crippen LogP contribution in [0, 0.1) is 12.8 Å². The molecule has 0 heterocycles. The van der Waals surface area contributed by atoms with Crippen LogP contribution >= 0.6 is 15.9 Å². The third-order valence-electron chi connectivity index (χ3n) is 3.16. The van der Waals surface area contributed by atoms with Gasteiger partial charge in [-0.15, -0.1) is 0 Å². The molecular formula is C12H17BrN2O2S. The summed E-state index contributed by atoms with van der Waals surface area (Å²) >= 11 is 3.32. The zero-order chi connectivity index (χ0) is 13.3. The van der Waals surface area contributed by atoms with Gasteiger partial charge in [-0.25, -0.2) is 13.1 Å². The van der Waals surface area contributed by atoms with Crippen LogP contribution in [0.3, 0.4) is 0 Å². The highest BCUT2D eigenvalue weighted by atomic mass is 79.9. The topological polar surface area (TPSA) is 72.2 Å². The van der Waals surface area contributed by atoms with Crippen LogP contribution in [0.15, 0.2) is 27.6 Å². The van der Waals surface area contributed by atoms with Gasteiger partial charge in [-0.05, 0) is 49.4 Å². The number of rotatable bonds is 5. The molecule has 2 rings (SSSR count). The van der Waals surface area contributed by atoms with E-state index >= 15 is 0 Å². The minimum Gasteiger partial charge on any atom is -0.326 e. The van der Waals surface area contributed by atoms with Gasteiger partial charge in [0.25, 0.3) is 0 Å². The van der Waals surface area contributed by atoms with Crippen LogP contribution in [0.25, 0.3) is 0 Å². The highest BCUT2D eigenvalue weighted by Gasteiger charge is 2.29. The number of nitrogens with one attached hydrogen (secondary N) is 1. The molecule has 1 aromatic carbocycles. The molecule has 6 heteroatoms. The Morgan fingerprint density at radius 1 is 1.50 bits per heavy atom. The number of hydrogen-bond donors (Lipinski definition) is 2. The van der Waals surface area contributed by atoms with Crippen LogP contribution in [0.1, 0.15) is 18.4 Å². The first-order valence-electron chi connectivity index (χ1n) is 5.91.